The maximum Gasteiger partial charge on any atom is 0.237 e. The van der Waals surface area contributed by atoms with Crippen LogP contribution in [0.1, 0.15) is 38.5 Å². The van der Waals surface area contributed by atoms with Crippen molar-refractivity contribution in [2.75, 3.05) is 12.8 Å². The molecule has 1 saturated carbocycles. The van der Waals surface area contributed by atoms with Crippen LogP contribution in [-0.4, -0.2) is 36.0 Å². The van der Waals surface area contributed by atoms with E-state index in [1.54, 1.807) is 0 Å². The summed E-state index contributed by atoms with van der Waals surface area (Å²) >= 11 is 1.93. The van der Waals surface area contributed by atoms with Gasteiger partial charge < -0.3 is 10.6 Å². The molecule has 4 heteroatoms. The molecule has 2 unspecified atom stereocenters. The molecule has 1 saturated heterocycles. The Morgan fingerprint density at radius 2 is 2.19 bits per heavy atom. The van der Waals surface area contributed by atoms with Crippen molar-refractivity contribution in [2.24, 2.45) is 0 Å². The smallest absolute Gasteiger partial charge is 0.237 e. The fourth-order valence-corrected chi connectivity index (χ4v) is 3.46. The van der Waals surface area contributed by atoms with Crippen LogP contribution >= 0.6 is 11.8 Å². The van der Waals surface area contributed by atoms with Gasteiger partial charge in [-0.15, -0.1) is 0 Å². The fourth-order valence-electron chi connectivity index (χ4n) is 2.66. The highest BCUT2D eigenvalue weighted by Crippen LogP contribution is 2.28. The molecule has 2 rings (SSSR count). The molecule has 2 aliphatic rings. The molecular formula is C12H22N2OS. The van der Waals surface area contributed by atoms with Crippen LogP contribution in [0.3, 0.4) is 0 Å². The first-order valence-corrected chi connectivity index (χ1v) is 7.65. The highest BCUT2D eigenvalue weighted by atomic mass is 32.2. The van der Waals surface area contributed by atoms with E-state index < -0.39 is 0 Å². The van der Waals surface area contributed by atoms with Gasteiger partial charge in [0.05, 0.1) is 6.04 Å². The number of rotatable bonds is 3. The normalized spacial score (nSPS) is 34.9. The van der Waals surface area contributed by atoms with Gasteiger partial charge in [0, 0.05) is 11.3 Å². The van der Waals surface area contributed by atoms with Crippen LogP contribution in [0.5, 0.6) is 0 Å². The maximum atomic E-state index is 12.0. The first-order valence-electron chi connectivity index (χ1n) is 6.36. The molecule has 1 heterocycles. The Balaban J connectivity index is 1.74. The van der Waals surface area contributed by atoms with Gasteiger partial charge >= 0.3 is 0 Å². The van der Waals surface area contributed by atoms with E-state index in [0.717, 1.165) is 31.1 Å². The summed E-state index contributed by atoms with van der Waals surface area (Å²) in [7, 11) is 0. The second-order valence-electron chi connectivity index (χ2n) is 4.88. The highest BCUT2D eigenvalue weighted by molar-refractivity contribution is 7.99. The van der Waals surface area contributed by atoms with Crippen LogP contribution in [0.2, 0.25) is 0 Å². The summed E-state index contributed by atoms with van der Waals surface area (Å²) < 4.78 is 0. The van der Waals surface area contributed by atoms with Gasteiger partial charge in [-0.25, -0.2) is 0 Å². The van der Waals surface area contributed by atoms with E-state index in [1.165, 1.54) is 19.3 Å². The monoisotopic (exact) mass is 242 g/mol. The Morgan fingerprint density at radius 1 is 1.31 bits per heavy atom. The number of piperidine rings is 1. The van der Waals surface area contributed by atoms with Crippen molar-refractivity contribution >= 4 is 17.7 Å². The molecule has 0 radical (unpaired) electrons. The van der Waals surface area contributed by atoms with Gasteiger partial charge in [0.1, 0.15) is 0 Å². The average molecular weight is 242 g/mol. The fraction of sp³-hybridized carbons (Fsp3) is 0.917. The number of carbonyl (C=O) groups is 1. The summed E-state index contributed by atoms with van der Waals surface area (Å²) in [5.41, 5.74) is 0. The lowest BCUT2D eigenvalue weighted by Gasteiger charge is -2.24. The largest absolute Gasteiger partial charge is 0.352 e. The van der Waals surface area contributed by atoms with Gasteiger partial charge in [-0.3, -0.25) is 4.79 Å². The SMILES string of the molecule is CSC1CCC(NC(=O)[C@H]2CCCCN2)C1. The van der Waals surface area contributed by atoms with Crippen molar-refractivity contribution in [3.05, 3.63) is 0 Å². The third-order valence-corrected chi connectivity index (χ3v) is 4.79. The van der Waals surface area contributed by atoms with Crippen molar-refractivity contribution in [3.8, 4) is 0 Å². The number of hydrogen-bond donors (Lipinski definition) is 2. The topological polar surface area (TPSA) is 41.1 Å². The Bertz CT molecular complexity index is 241. The zero-order valence-electron chi connectivity index (χ0n) is 10.00. The molecule has 1 aliphatic heterocycles. The predicted molar refractivity (Wildman–Crippen MR) is 68.7 cm³/mol. The zero-order chi connectivity index (χ0) is 11.4. The van der Waals surface area contributed by atoms with Crippen LogP contribution < -0.4 is 10.6 Å². The van der Waals surface area contributed by atoms with Crippen molar-refractivity contribution in [3.63, 3.8) is 0 Å². The lowest BCUT2D eigenvalue weighted by molar-refractivity contribution is -0.124. The molecule has 92 valence electrons. The molecule has 0 aromatic carbocycles. The molecule has 0 aromatic heterocycles. The average Bonchev–Trinajstić information content (AvgIpc) is 2.78. The van der Waals surface area contributed by atoms with Crippen LogP contribution in [0.4, 0.5) is 0 Å². The molecule has 1 aliphatic carbocycles. The highest BCUT2D eigenvalue weighted by Gasteiger charge is 2.28. The Hall–Kier alpha value is -0.220. The molecule has 0 spiro atoms. The quantitative estimate of drug-likeness (QED) is 0.788. The molecule has 3 nitrogen and oxygen atoms in total. The standard InChI is InChI=1S/C12H22N2OS/c1-16-10-6-5-9(8-10)14-12(15)11-4-2-3-7-13-11/h9-11,13H,2-8H2,1H3,(H,14,15)/t9?,10?,11-/m1/s1. The second-order valence-corrected chi connectivity index (χ2v) is 6.02. The van der Waals surface area contributed by atoms with Crippen LogP contribution in [0.15, 0.2) is 0 Å². The maximum absolute atomic E-state index is 12.0. The van der Waals surface area contributed by atoms with E-state index >= 15 is 0 Å². The van der Waals surface area contributed by atoms with E-state index in [4.69, 9.17) is 0 Å². The summed E-state index contributed by atoms with van der Waals surface area (Å²) in [5, 5.41) is 7.25. The van der Waals surface area contributed by atoms with Gasteiger partial charge in [-0.1, -0.05) is 6.42 Å². The second kappa shape index (κ2) is 5.92. The van der Waals surface area contributed by atoms with Crippen molar-refractivity contribution in [1.82, 2.24) is 10.6 Å². The Morgan fingerprint density at radius 3 is 2.81 bits per heavy atom. The summed E-state index contributed by atoms with van der Waals surface area (Å²) in [4.78, 5) is 12.0. The first-order chi connectivity index (χ1) is 7.79. The van der Waals surface area contributed by atoms with Gasteiger partial charge in [0.25, 0.3) is 0 Å². The lowest BCUT2D eigenvalue weighted by atomic mass is 10.0. The van der Waals surface area contributed by atoms with Gasteiger partial charge in [-0.2, -0.15) is 11.8 Å². The number of carbonyl (C=O) groups excluding carboxylic acids is 1. The molecule has 0 bridgehead atoms. The summed E-state index contributed by atoms with van der Waals surface area (Å²) in [5.74, 6) is 0.228. The number of thioether (sulfide) groups is 1. The minimum atomic E-state index is 0.0714. The van der Waals surface area contributed by atoms with Crippen LogP contribution in [0.25, 0.3) is 0 Å². The third kappa shape index (κ3) is 3.14. The molecule has 0 aromatic rings. The lowest BCUT2D eigenvalue weighted by Crippen LogP contribution is -2.49. The van der Waals surface area contributed by atoms with E-state index in [9.17, 15) is 4.79 Å². The summed E-state index contributed by atoms with van der Waals surface area (Å²) in [6.45, 7) is 0.996. The summed E-state index contributed by atoms with van der Waals surface area (Å²) in [6, 6.07) is 0.496. The Labute approximate surface area is 102 Å². The molecule has 3 atom stereocenters. The number of nitrogens with one attached hydrogen (secondary N) is 2. The van der Waals surface area contributed by atoms with Gasteiger partial charge in [-0.05, 0) is 44.9 Å². The van der Waals surface area contributed by atoms with E-state index in [1.807, 2.05) is 11.8 Å². The van der Waals surface area contributed by atoms with Gasteiger partial charge in [0.2, 0.25) is 5.91 Å². The molecular weight excluding hydrogens is 220 g/mol. The third-order valence-electron chi connectivity index (χ3n) is 3.69. The summed E-state index contributed by atoms with van der Waals surface area (Å²) in [6.07, 6.45) is 9.13. The predicted octanol–water partition coefficient (Wildman–Crippen LogP) is 1.53. The van der Waals surface area contributed by atoms with E-state index in [0.29, 0.717) is 6.04 Å². The Kier molecular flexibility index (Phi) is 4.53. The molecule has 16 heavy (non-hydrogen) atoms. The number of hydrogen-bond acceptors (Lipinski definition) is 3. The van der Waals surface area contributed by atoms with Crippen molar-refractivity contribution in [2.45, 2.75) is 55.9 Å². The minimum absolute atomic E-state index is 0.0714. The zero-order valence-corrected chi connectivity index (χ0v) is 10.8. The minimum Gasteiger partial charge on any atom is -0.352 e. The van der Waals surface area contributed by atoms with Crippen molar-refractivity contribution < 1.29 is 4.79 Å². The van der Waals surface area contributed by atoms with Gasteiger partial charge in [0.15, 0.2) is 0 Å². The van der Waals surface area contributed by atoms with Crippen molar-refractivity contribution in [1.29, 1.82) is 0 Å². The number of amides is 1. The van der Waals surface area contributed by atoms with E-state index in [-0.39, 0.29) is 11.9 Å². The van der Waals surface area contributed by atoms with Crippen LogP contribution in [0, 0.1) is 0 Å². The first kappa shape index (κ1) is 12.2. The molecule has 1 amide bonds. The van der Waals surface area contributed by atoms with E-state index in [2.05, 4.69) is 16.9 Å². The molecule has 2 N–H and O–H groups in total. The van der Waals surface area contributed by atoms with Crippen LogP contribution in [-0.2, 0) is 4.79 Å². The molecule has 2 fully saturated rings.